The number of ether oxygens (including phenoxy) is 1. The molecule has 2 N–H and O–H groups in total. The molecule has 1 aromatic carbocycles. The van der Waals surface area contributed by atoms with E-state index in [-0.39, 0.29) is 5.54 Å². The van der Waals surface area contributed by atoms with Crippen molar-refractivity contribution in [3.05, 3.63) is 36.5 Å². The second-order valence-electron chi connectivity index (χ2n) is 5.24. The van der Waals surface area contributed by atoms with Crippen LogP contribution in [0.3, 0.4) is 0 Å². The quantitative estimate of drug-likeness (QED) is 0.891. The zero-order valence-electron chi connectivity index (χ0n) is 11.8. The Hall–Kier alpha value is -1.65. The maximum absolute atomic E-state index is 5.88. The monoisotopic (exact) mass is 259 g/mol. The van der Waals surface area contributed by atoms with Crippen LogP contribution >= 0.6 is 0 Å². The Morgan fingerprint density at radius 1 is 1.32 bits per heavy atom. The molecular formula is C15H21N3O. The first-order chi connectivity index (χ1) is 9.05. The molecule has 0 aliphatic rings. The SMILES string of the molecule is CN(C)C(C)(CN)COc1ccc2ncccc2c1. The molecule has 0 spiro atoms. The van der Waals surface area contributed by atoms with Crippen LogP contribution < -0.4 is 10.5 Å². The highest BCUT2D eigenvalue weighted by atomic mass is 16.5. The Bertz CT molecular complexity index is 556. The summed E-state index contributed by atoms with van der Waals surface area (Å²) in [5.74, 6) is 0.849. The zero-order valence-corrected chi connectivity index (χ0v) is 11.8. The van der Waals surface area contributed by atoms with Crippen molar-refractivity contribution in [3.63, 3.8) is 0 Å². The van der Waals surface area contributed by atoms with Gasteiger partial charge in [0.15, 0.2) is 0 Å². The topological polar surface area (TPSA) is 51.4 Å². The highest BCUT2D eigenvalue weighted by Gasteiger charge is 2.26. The van der Waals surface area contributed by atoms with Gasteiger partial charge in [0.1, 0.15) is 12.4 Å². The molecule has 0 bridgehead atoms. The minimum atomic E-state index is -0.163. The molecule has 1 unspecified atom stereocenters. The molecule has 102 valence electrons. The molecule has 2 aromatic rings. The van der Waals surface area contributed by atoms with Gasteiger partial charge in [-0.25, -0.2) is 0 Å². The molecule has 4 heteroatoms. The van der Waals surface area contributed by atoms with Crippen LogP contribution in [0.2, 0.25) is 0 Å². The van der Waals surface area contributed by atoms with Gasteiger partial charge in [0.2, 0.25) is 0 Å². The third-order valence-electron chi connectivity index (χ3n) is 3.64. The minimum Gasteiger partial charge on any atom is -0.492 e. The van der Waals surface area contributed by atoms with Gasteiger partial charge in [-0.2, -0.15) is 0 Å². The van der Waals surface area contributed by atoms with E-state index in [1.165, 1.54) is 0 Å². The van der Waals surface area contributed by atoms with E-state index < -0.39 is 0 Å². The van der Waals surface area contributed by atoms with Gasteiger partial charge in [-0.15, -0.1) is 0 Å². The Morgan fingerprint density at radius 2 is 2.11 bits per heavy atom. The van der Waals surface area contributed by atoms with E-state index in [4.69, 9.17) is 10.5 Å². The van der Waals surface area contributed by atoms with Crippen LogP contribution in [0.5, 0.6) is 5.75 Å². The second-order valence-corrected chi connectivity index (χ2v) is 5.24. The molecule has 4 nitrogen and oxygen atoms in total. The Kier molecular flexibility index (Phi) is 4.02. The lowest BCUT2D eigenvalue weighted by Gasteiger charge is -2.34. The summed E-state index contributed by atoms with van der Waals surface area (Å²) in [6, 6.07) is 9.89. The molecule has 1 atom stereocenters. The number of rotatable bonds is 5. The van der Waals surface area contributed by atoms with E-state index >= 15 is 0 Å². The molecule has 0 saturated heterocycles. The summed E-state index contributed by atoms with van der Waals surface area (Å²) in [5.41, 5.74) is 6.64. The van der Waals surface area contributed by atoms with E-state index in [1.807, 2.05) is 44.4 Å². The average Bonchev–Trinajstić information content (AvgIpc) is 2.44. The molecule has 2 rings (SSSR count). The smallest absolute Gasteiger partial charge is 0.120 e. The zero-order chi connectivity index (χ0) is 13.9. The molecule has 19 heavy (non-hydrogen) atoms. The van der Waals surface area contributed by atoms with E-state index in [2.05, 4.69) is 16.8 Å². The highest BCUT2D eigenvalue weighted by molar-refractivity contribution is 5.79. The largest absolute Gasteiger partial charge is 0.492 e. The van der Waals surface area contributed by atoms with Crippen LogP contribution in [0.1, 0.15) is 6.92 Å². The summed E-state index contributed by atoms with van der Waals surface area (Å²) in [5, 5.41) is 1.08. The molecule has 0 saturated carbocycles. The van der Waals surface area contributed by atoms with Gasteiger partial charge < -0.3 is 10.5 Å². The number of hydrogen-bond acceptors (Lipinski definition) is 4. The second kappa shape index (κ2) is 5.55. The lowest BCUT2D eigenvalue weighted by molar-refractivity contribution is 0.104. The van der Waals surface area contributed by atoms with Crippen LogP contribution in [-0.4, -0.2) is 42.7 Å². The predicted octanol–water partition coefficient (Wildman–Crippen LogP) is 1.89. The van der Waals surface area contributed by atoms with Gasteiger partial charge in [0.05, 0.1) is 11.1 Å². The van der Waals surface area contributed by atoms with Crippen molar-refractivity contribution in [1.29, 1.82) is 0 Å². The number of nitrogens with zero attached hydrogens (tertiary/aromatic N) is 2. The first kappa shape index (κ1) is 13.8. The van der Waals surface area contributed by atoms with Crippen molar-refractivity contribution < 1.29 is 4.74 Å². The minimum absolute atomic E-state index is 0.163. The fourth-order valence-electron chi connectivity index (χ4n) is 1.75. The van der Waals surface area contributed by atoms with Crippen molar-refractivity contribution >= 4 is 10.9 Å². The Morgan fingerprint density at radius 3 is 2.79 bits per heavy atom. The van der Waals surface area contributed by atoms with Crippen molar-refractivity contribution in [3.8, 4) is 5.75 Å². The molecule has 0 fully saturated rings. The van der Waals surface area contributed by atoms with Gasteiger partial charge in [-0.3, -0.25) is 9.88 Å². The predicted molar refractivity (Wildman–Crippen MR) is 78.4 cm³/mol. The molecular weight excluding hydrogens is 238 g/mol. The van der Waals surface area contributed by atoms with Crippen molar-refractivity contribution in [1.82, 2.24) is 9.88 Å². The standard InChI is InChI=1S/C15H21N3O/c1-15(10-16,18(2)3)11-19-13-6-7-14-12(9-13)5-4-8-17-14/h4-9H,10-11,16H2,1-3H3. The number of pyridine rings is 1. The summed E-state index contributed by atoms with van der Waals surface area (Å²) in [7, 11) is 4.03. The number of aromatic nitrogens is 1. The van der Waals surface area contributed by atoms with Crippen LogP contribution in [0, 0.1) is 0 Å². The molecule has 0 aliphatic carbocycles. The maximum Gasteiger partial charge on any atom is 0.120 e. The van der Waals surface area contributed by atoms with Crippen LogP contribution in [0.15, 0.2) is 36.5 Å². The third kappa shape index (κ3) is 3.03. The third-order valence-corrected chi connectivity index (χ3v) is 3.64. The average molecular weight is 259 g/mol. The number of likely N-dealkylation sites (N-methyl/N-ethyl adjacent to an activating group) is 1. The van der Waals surface area contributed by atoms with E-state index in [0.29, 0.717) is 13.2 Å². The van der Waals surface area contributed by atoms with Gasteiger partial charge >= 0.3 is 0 Å². The first-order valence-corrected chi connectivity index (χ1v) is 6.40. The fraction of sp³-hybridized carbons (Fsp3) is 0.400. The van der Waals surface area contributed by atoms with Crippen LogP contribution in [-0.2, 0) is 0 Å². The summed E-state index contributed by atoms with van der Waals surface area (Å²) in [4.78, 5) is 6.38. The summed E-state index contributed by atoms with van der Waals surface area (Å²) >= 11 is 0. The van der Waals surface area contributed by atoms with E-state index in [0.717, 1.165) is 16.7 Å². The lowest BCUT2D eigenvalue weighted by atomic mass is 10.0. The summed E-state index contributed by atoms with van der Waals surface area (Å²) in [6.45, 7) is 3.20. The summed E-state index contributed by atoms with van der Waals surface area (Å²) in [6.07, 6.45) is 1.79. The Labute approximate surface area is 114 Å². The number of fused-ring (bicyclic) bond motifs is 1. The van der Waals surface area contributed by atoms with Gasteiger partial charge in [0, 0.05) is 18.1 Å². The molecule has 1 heterocycles. The van der Waals surface area contributed by atoms with Gasteiger partial charge in [0.25, 0.3) is 0 Å². The molecule has 0 aliphatic heterocycles. The maximum atomic E-state index is 5.88. The lowest BCUT2D eigenvalue weighted by Crippen LogP contribution is -2.52. The fourth-order valence-corrected chi connectivity index (χ4v) is 1.75. The van der Waals surface area contributed by atoms with Gasteiger partial charge in [-0.1, -0.05) is 6.07 Å². The van der Waals surface area contributed by atoms with Crippen molar-refractivity contribution in [2.24, 2.45) is 5.73 Å². The van der Waals surface area contributed by atoms with Crippen molar-refractivity contribution in [2.45, 2.75) is 12.5 Å². The first-order valence-electron chi connectivity index (χ1n) is 6.40. The molecule has 1 aromatic heterocycles. The normalized spacial score (nSPS) is 14.6. The number of hydrogen-bond donors (Lipinski definition) is 1. The summed E-state index contributed by atoms with van der Waals surface area (Å²) < 4.78 is 5.88. The van der Waals surface area contributed by atoms with Crippen LogP contribution in [0.4, 0.5) is 0 Å². The highest BCUT2D eigenvalue weighted by Crippen LogP contribution is 2.20. The number of benzene rings is 1. The van der Waals surface area contributed by atoms with Crippen molar-refractivity contribution in [2.75, 3.05) is 27.2 Å². The van der Waals surface area contributed by atoms with Gasteiger partial charge in [-0.05, 0) is 45.3 Å². The Balaban J connectivity index is 2.13. The van der Waals surface area contributed by atoms with E-state index in [9.17, 15) is 0 Å². The number of nitrogens with two attached hydrogens (primary N) is 1. The van der Waals surface area contributed by atoms with E-state index in [1.54, 1.807) is 6.20 Å². The molecule has 0 amide bonds. The van der Waals surface area contributed by atoms with Crippen LogP contribution in [0.25, 0.3) is 10.9 Å². The molecule has 0 radical (unpaired) electrons.